The molecule has 0 aromatic heterocycles. The van der Waals surface area contributed by atoms with Crippen molar-refractivity contribution >= 4 is 17.3 Å². The van der Waals surface area contributed by atoms with Crippen LogP contribution in [0.1, 0.15) is 63.5 Å². The third kappa shape index (κ3) is 6.73. The number of anilines is 1. The molecule has 1 unspecified atom stereocenters. The molecular weight excluding hydrogens is 414 g/mol. The fourth-order valence-electron chi connectivity index (χ4n) is 4.19. The molecule has 1 aliphatic heterocycles. The second-order valence-electron chi connectivity index (χ2n) is 8.54. The van der Waals surface area contributed by atoms with Gasteiger partial charge in [-0.25, -0.2) is 0 Å². The summed E-state index contributed by atoms with van der Waals surface area (Å²) in [5.41, 5.74) is 4.19. The Labute approximate surface area is 198 Å². The lowest BCUT2D eigenvalue weighted by Gasteiger charge is -2.31. The van der Waals surface area contributed by atoms with E-state index < -0.39 is 0 Å². The standard InChI is InChI=1S/C27H37N3O3/c1-5-7-8-9-26(31)28-23-13-10-20(11-14-23)19-30-17-16-21(6-2)27(29-30)22-12-15-24(32-3)25(18-22)33-4/h10-15,18,21H,5-9,16-17,19H2,1-4H3,(H,28,31). The van der Waals surface area contributed by atoms with Gasteiger partial charge in [-0.15, -0.1) is 0 Å². The number of hydrazone groups is 1. The van der Waals surface area contributed by atoms with Gasteiger partial charge in [0, 0.05) is 30.1 Å². The van der Waals surface area contributed by atoms with Crippen LogP contribution in [0.15, 0.2) is 47.6 Å². The van der Waals surface area contributed by atoms with Crippen molar-refractivity contribution in [3.8, 4) is 11.5 Å². The Morgan fingerprint density at radius 2 is 1.82 bits per heavy atom. The van der Waals surface area contributed by atoms with Crippen LogP contribution in [0.3, 0.4) is 0 Å². The number of hydrogen-bond acceptors (Lipinski definition) is 5. The van der Waals surface area contributed by atoms with Crippen LogP contribution in [0.2, 0.25) is 0 Å². The molecule has 0 saturated carbocycles. The van der Waals surface area contributed by atoms with E-state index in [1.54, 1.807) is 14.2 Å². The van der Waals surface area contributed by atoms with E-state index >= 15 is 0 Å². The average Bonchev–Trinajstić information content (AvgIpc) is 2.85. The first-order valence-electron chi connectivity index (χ1n) is 12.0. The van der Waals surface area contributed by atoms with Crippen LogP contribution >= 0.6 is 0 Å². The van der Waals surface area contributed by atoms with Crippen molar-refractivity contribution < 1.29 is 14.3 Å². The lowest BCUT2D eigenvalue weighted by molar-refractivity contribution is -0.116. The maximum Gasteiger partial charge on any atom is 0.224 e. The molecule has 1 atom stereocenters. The van der Waals surface area contributed by atoms with E-state index in [1.165, 1.54) is 5.56 Å². The molecule has 3 rings (SSSR count). The fraction of sp³-hybridized carbons (Fsp3) is 0.481. The number of rotatable bonds is 11. The molecule has 0 radical (unpaired) electrons. The van der Waals surface area contributed by atoms with Crippen LogP contribution in [-0.2, 0) is 11.3 Å². The highest BCUT2D eigenvalue weighted by Gasteiger charge is 2.24. The summed E-state index contributed by atoms with van der Waals surface area (Å²) in [4.78, 5) is 12.1. The van der Waals surface area contributed by atoms with E-state index in [0.717, 1.165) is 73.7 Å². The number of benzene rings is 2. The molecule has 33 heavy (non-hydrogen) atoms. The first-order chi connectivity index (χ1) is 16.1. The number of nitrogens with one attached hydrogen (secondary N) is 1. The van der Waals surface area contributed by atoms with Crippen LogP contribution < -0.4 is 14.8 Å². The zero-order valence-electron chi connectivity index (χ0n) is 20.4. The molecule has 0 aliphatic carbocycles. The quantitative estimate of drug-likeness (QED) is 0.435. The lowest BCUT2D eigenvalue weighted by atomic mass is 9.90. The molecule has 0 bridgehead atoms. The largest absolute Gasteiger partial charge is 0.493 e. The summed E-state index contributed by atoms with van der Waals surface area (Å²) in [5.74, 6) is 1.95. The Morgan fingerprint density at radius 3 is 2.48 bits per heavy atom. The van der Waals surface area contributed by atoms with Gasteiger partial charge in [0.05, 0.1) is 26.5 Å². The number of hydrogen-bond donors (Lipinski definition) is 1. The third-order valence-electron chi connectivity index (χ3n) is 6.15. The van der Waals surface area contributed by atoms with Crippen molar-refractivity contribution in [3.05, 3.63) is 53.6 Å². The van der Waals surface area contributed by atoms with Gasteiger partial charge in [-0.3, -0.25) is 9.80 Å². The van der Waals surface area contributed by atoms with Crippen LogP contribution in [0.4, 0.5) is 5.69 Å². The van der Waals surface area contributed by atoms with Gasteiger partial charge >= 0.3 is 0 Å². The van der Waals surface area contributed by atoms with Crippen LogP contribution in [0.25, 0.3) is 0 Å². The van der Waals surface area contributed by atoms with Crippen LogP contribution in [0.5, 0.6) is 11.5 Å². The zero-order chi connectivity index (χ0) is 23.6. The van der Waals surface area contributed by atoms with E-state index in [2.05, 4.69) is 42.4 Å². The monoisotopic (exact) mass is 451 g/mol. The maximum absolute atomic E-state index is 12.1. The Kier molecular flexibility index (Phi) is 9.16. The Bertz CT molecular complexity index is 940. The van der Waals surface area contributed by atoms with Crippen molar-refractivity contribution in [1.82, 2.24) is 5.01 Å². The van der Waals surface area contributed by atoms with Gasteiger partial charge in [0.1, 0.15) is 0 Å². The molecule has 1 aliphatic rings. The van der Waals surface area contributed by atoms with Crippen molar-refractivity contribution in [2.24, 2.45) is 11.0 Å². The van der Waals surface area contributed by atoms with Crippen molar-refractivity contribution in [2.45, 2.75) is 58.9 Å². The van der Waals surface area contributed by atoms with Crippen molar-refractivity contribution in [3.63, 3.8) is 0 Å². The van der Waals surface area contributed by atoms with E-state index in [-0.39, 0.29) is 5.91 Å². The van der Waals surface area contributed by atoms with Gasteiger partial charge < -0.3 is 14.8 Å². The highest BCUT2D eigenvalue weighted by molar-refractivity contribution is 6.03. The third-order valence-corrected chi connectivity index (χ3v) is 6.15. The number of carbonyl (C=O) groups is 1. The fourth-order valence-corrected chi connectivity index (χ4v) is 4.19. The molecular formula is C27H37N3O3. The number of carbonyl (C=O) groups excluding carboxylic acids is 1. The van der Waals surface area contributed by atoms with E-state index in [9.17, 15) is 4.79 Å². The van der Waals surface area contributed by atoms with Crippen LogP contribution in [0, 0.1) is 5.92 Å². The summed E-state index contributed by atoms with van der Waals surface area (Å²) in [6.07, 6.45) is 5.84. The van der Waals surface area contributed by atoms with Gasteiger partial charge in [-0.1, -0.05) is 38.8 Å². The molecule has 0 saturated heterocycles. The minimum atomic E-state index is 0.0852. The summed E-state index contributed by atoms with van der Waals surface area (Å²) in [5, 5.41) is 10.2. The van der Waals surface area contributed by atoms with Gasteiger partial charge in [-0.2, -0.15) is 5.10 Å². The minimum Gasteiger partial charge on any atom is -0.493 e. The van der Waals surface area contributed by atoms with E-state index in [4.69, 9.17) is 14.6 Å². The van der Waals surface area contributed by atoms with E-state index in [1.807, 2.05) is 24.3 Å². The molecule has 6 heteroatoms. The summed E-state index contributed by atoms with van der Waals surface area (Å²) in [6.45, 7) is 6.01. The van der Waals surface area contributed by atoms with Gasteiger partial charge in [0.15, 0.2) is 11.5 Å². The molecule has 0 spiro atoms. The topological polar surface area (TPSA) is 63.2 Å². The van der Waals surface area contributed by atoms with Gasteiger partial charge in [0.25, 0.3) is 0 Å². The Morgan fingerprint density at radius 1 is 1.06 bits per heavy atom. The number of ether oxygens (including phenoxy) is 2. The first kappa shape index (κ1) is 24.6. The molecule has 1 heterocycles. The summed E-state index contributed by atoms with van der Waals surface area (Å²) in [7, 11) is 3.31. The zero-order valence-corrected chi connectivity index (χ0v) is 20.4. The number of unbranched alkanes of at least 4 members (excludes halogenated alkanes) is 2. The first-order valence-corrected chi connectivity index (χ1v) is 12.0. The second kappa shape index (κ2) is 12.3. The molecule has 178 valence electrons. The smallest absolute Gasteiger partial charge is 0.224 e. The summed E-state index contributed by atoms with van der Waals surface area (Å²) >= 11 is 0. The number of methoxy groups -OCH3 is 2. The summed E-state index contributed by atoms with van der Waals surface area (Å²) in [6, 6.07) is 14.1. The van der Waals surface area contributed by atoms with Crippen molar-refractivity contribution in [1.29, 1.82) is 0 Å². The van der Waals surface area contributed by atoms with Gasteiger partial charge in [0.2, 0.25) is 5.91 Å². The van der Waals surface area contributed by atoms with Crippen LogP contribution in [-0.4, -0.2) is 37.4 Å². The van der Waals surface area contributed by atoms with E-state index in [0.29, 0.717) is 12.3 Å². The van der Waals surface area contributed by atoms with Gasteiger partial charge in [-0.05, 0) is 55.2 Å². The predicted molar refractivity (Wildman–Crippen MR) is 134 cm³/mol. The molecule has 1 amide bonds. The Balaban J connectivity index is 1.69. The lowest BCUT2D eigenvalue weighted by Crippen LogP contribution is -2.32. The second-order valence-corrected chi connectivity index (χ2v) is 8.54. The molecule has 2 aromatic carbocycles. The molecule has 6 nitrogen and oxygen atoms in total. The molecule has 1 N–H and O–H groups in total. The summed E-state index contributed by atoms with van der Waals surface area (Å²) < 4.78 is 10.9. The highest BCUT2D eigenvalue weighted by atomic mass is 16.5. The minimum absolute atomic E-state index is 0.0852. The molecule has 0 fully saturated rings. The number of amides is 1. The molecule has 2 aromatic rings. The SMILES string of the molecule is CCCCCC(=O)Nc1ccc(CN2CCC(CC)C(c3ccc(OC)c(OC)c3)=N2)cc1. The highest BCUT2D eigenvalue weighted by Crippen LogP contribution is 2.31. The average molecular weight is 452 g/mol. The maximum atomic E-state index is 12.1. The Hall–Kier alpha value is -3.02. The number of nitrogens with zero attached hydrogens (tertiary/aromatic N) is 2. The predicted octanol–water partition coefficient (Wildman–Crippen LogP) is 5.86. The normalized spacial score (nSPS) is 15.7. The van der Waals surface area contributed by atoms with Crippen molar-refractivity contribution in [2.75, 3.05) is 26.1 Å².